The Morgan fingerprint density at radius 3 is 2.45 bits per heavy atom. The second kappa shape index (κ2) is 10.7. The van der Waals surface area contributed by atoms with Crippen LogP contribution in [-0.2, 0) is 11.2 Å². The summed E-state index contributed by atoms with van der Waals surface area (Å²) < 4.78 is 21.0. The van der Waals surface area contributed by atoms with Gasteiger partial charge >= 0.3 is 0 Å². The Balaban J connectivity index is 1.68. The first-order valence-corrected chi connectivity index (χ1v) is 9.70. The van der Waals surface area contributed by atoms with Gasteiger partial charge in [0.25, 0.3) is 11.8 Å². The van der Waals surface area contributed by atoms with Crippen molar-refractivity contribution >= 4 is 17.9 Å². The van der Waals surface area contributed by atoms with E-state index in [1.54, 1.807) is 36.6 Å². The van der Waals surface area contributed by atoms with Crippen molar-refractivity contribution in [3.63, 3.8) is 0 Å². The van der Waals surface area contributed by atoms with Crippen LogP contribution in [0.5, 0.6) is 11.5 Å². The van der Waals surface area contributed by atoms with Gasteiger partial charge in [-0.05, 0) is 48.9 Å². The van der Waals surface area contributed by atoms with Gasteiger partial charge in [0.05, 0.1) is 26.7 Å². The zero-order valence-electron chi connectivity index (χ0n) is 17.3. The minimum Gasteiger partial charge on any atom is -0.493 e. The van der Waals surface area contributed by atoms with Crippen molar-refractivity contribution in [3.05, 3.63) is 77.8 Å². The van der Waals surface area contributed by atoms with Crippen molar-refractivity contribution < 1.29 is 27.9 Å². The molecule has 2 amide bonds. The van der Waals surface area contributed by atoms with E-state index >= 15 is 0 Å². The molecule has 0 radical (unpaired) electrons. The van der Waals surface area contributed by atoms with Gasteiger partial charge in [0, 0.05) is 24.6 Å². The Morgan fingerprint density at radius 2 is 1.77 bits per heavy atom. The first kappa shape index (κ1) is 21.8. The first-order chi connectivity index (χ1) is 15.1. The van der Waals surface area contributed by atoms with Crippen LogP contribution in [0.2, 0.25) is 0 Å². The van der Waals surface area contributed by atoms with E-state index < -0.39 is 11.8 Å². The molecule has 0 bridgehead atoms. The van der Waals surface area contributed by atoms with Crippen LogP contribution < -0.4 is 20.1 Å². The van der Waals surface area contributed by atoms with Crippen molar-refractivity contribution in [2.75, 3.05) is 20.8 Å². The van der Waals surface area contributed by atoms with Crippen LogP contribution in [0.4, 0.5) is 0 Å². The average Bonchev–Trinajstić information content (AvgIpc) is 3.49. The highest BCUT2D eigenvalue weighted by Gasteiger charge is 2.17. The van der Waals surface area contributed by atoms with Gasteiger partial charge in [-0.1, -0.05) is 0 Å². The molecule has 8 nitrogen and oxygen atoms in total. The molecule has 162 valence electrons. The Kier molecular flexibility index (Phi) is 7.53. The summed E-state index contributed by atoms with van der Waals surface area (Å²) in [6.45, 7) is 0.418. The minimum atomic E-state index is -0.468. The summed E-state index contributed by atoms with van der Waals surface area (Å²) in [6, 6.07) is 11.8. The summed E-state index contributed by atoms with van der Waals surface area (Å²) >= 11 is 0. The van der Waals surface area contributed by atoms with E-state index in [1.165, 1.54) is 26.6 Å². The molecule has 0 spiro atoms. The third-order valence-corrected chi connectivity index (χ3v) is 4.43. The zero-order valence-corrected chi connectivity index (χ0v) is 17.3. The molecule has 8 heteroatoms. The molecule has 0 atom stereocenters. The fourth-order valence-corrected chi connectivity index (χ4v) is 2.86. The maximum Gasteiger partial charge on any atom is 0.267 e. The average molecular weight is 424 g/mol. The van der Waals surface area contributed by atoms with E-state index in [1.807, 2.05) is 12.1 Å². The number of furan rings is 2. The Morgan fingerprint density at radius 1 is 1.00 bits per heavy atom. The molecule has 0 aliphatic heterocycles. The van der Waals surface area contributed by atoms with Crippen LogP contribution in [0.15, 0.2) is 69.5 Å². The number of hydrogen-bond acceptors (Lipinski definition) is 6. The van der Waals surface area contributed by atoms with Crippen LogP contribution in [0.3, 0.4) is 0 Å². The number of carbonyl (C=O) groups excluding carboxylic acids is 2. The second-order valence-corrected chi connectivity index (χ2v) is 6.54. The molecular weight excluding hydrogens is 400 g/mol. The van der Waals surface area contributed by atoms with E-state index in [4.69, 9.17) is 18.3 Å². The van der Waals surface area contributed by atoms with Gasteiger partial charge < -0.3 is 28.9 Å². The third-order valence-electron chi connectivity index (χ3n) is 4.43. The smallest absolute Gasteiger partial charge is 0.267 e. The topological polar surface area (TPSA) is 103 Å². The number of amides is 2. The van der Waals surface area contributed by atoms with Gasteiger partial charge in [0.2, 0.25) is 0 Å². The highest BCUT2D eigenvalue weighted by Crippen LogP contribution is 2.27. The number of carbonyl (C=O) groups is 2. The van der Waals surface area contributed by atoms with Crippen LogP contribution >= 0.6 is 0 Å². The van der Waals surface area contributed by atoms with Gasteiger partial charge in [-0.25, -0.2) is 0 Å². The SMILES string of the molecule is COc1ccc(C(=O)N/C(=C\c2ccco2)C(=O)NCCCc2ccco2)cc1OC. The van der Waals surface area contributed by atoms with Crippen LogP contribution in [-0.4, -0.2) is 32.6 Å². The molecule has 0 aliphatic carbocycles. The van der Waals surface area contributed by atoms with Gasteiger partial charge in [-0.15, -0.1) is 0 Å². The number of aryl methyl sites for hydroxylation is 1. The largest absolute Gasteiger partial charge is 0.493 e. The monoisotopic (exact) mass is 424 g/mol. The van der Waals surface area contributed by atoms with Crippen molar-refractivity contribution in [2.45, 2.75) is 12.8 Å². The van der Waals surface area contributed by atoms with Gasteiger partial charge in [0.1, 0.15) is 17.2 Å². The van der Waals surface area contributed by atoms with E-state index in [-0.39, 0.29) is 5.70 Å². The van der Waals surface area contributed by atoms with Crippen molar-refractivity contribution in [1.82, 2.24) is 10.6 Å². The third kappa shape index (κ3) is 6.02. The van der Waals surface area contributed by atoms with Gasteiger partial charge in [-0.2, -0.15) is 0 Å². The van der Waals surface area contributed by atoms with E-state index in [0.717, 1.165) is 5.76 Å². The fourth-order valence-electron chi connectivity index (χ4n) is 2.86. The summed E-state index contributed by atoms with van der Waals surface area (Å²) in [6.07, 6.45) is 5.96. The molecule has 0 aliphatic rings. The summed E-state index contributed by atoms with van der Waals surface area (Å²) in [5, 5.41) is 5.46. The van der Waals surface area contributed by atoms with Crippen molar-refractivity contribution in [3.8, 4) is 11.5 Å². The predicted octanol–water partition coefficient (Wildman–Crippen LogP) is 3.41. The molecule has 0 saturated heterocycles. The number of nitrogens with one attached hydrogen (secondary N) is 2. The molecule has 3 aromatic rings. The van der Waals surface area contributed by atoms with Gasteiger partial charge in [0.15, 0.2) is 11.5 Å². The maximum atomic E-state index is 12.8. The van der Waals surface area contributed by atoms with Crippen molar-refractivity contribution in [2.24, 2.45) is 0 Å². The molecule has 0 saturated carbocycles. The Labute approximate surface area is 179 Å². The molecule has 1 aromatic carbocycles. The maximum absolute atomic E-state index is 12.8. The zero-order chi connectivity index (χ0) is 22.1. The van der Waals surface area contributed by atoms with E-state index in [0.29, 0.717) is 42.2 Å². The highest BCUT2D eigenvalue weighted by atomic mass is 16.5. The molecule has 2 aromatic heterocycles. The number of ether oxygens (including phenoxy) is 2. The van der Waals surface area contributed by atoms with Gasteiger partial charge in [-0.3, -0.25) is 9.59 Å². The lowest BCUT2D eigenvalue weighted by Gasteiger charge is -2.12. The Hall–Kier alpha value is -3.94. The standard InChI is InChI=1S/C23H24N2O6/c1-28-20-10-9-16(14-21(20)29-2)22(26)25-19(15-18-8-5-13-31-18)23(27)24-11-3-6-17-7-4-12-30-17/h4-5,7-10,12-15H,3,6,11H2,1-2H3,(H,24,27)(H,25,26)/b19-15-. The molecule has 31 heavy (non-hydrogen) atoms. The van der Waals surface area contributed by atoms with Crippen LogP contribution in [0, 0.1) is 0 Å². The quantitative estimate of drug-likeness (QED) is 0.382. The number of hydrogen-bond donors (Lipinski definition) is 2. The lowest BCUT2D eigenvalue weighted by molar-refractivity contribution is -0.117. The molecule has 0 fully saturated rings. The summed E-state index contributed by atoms with van der Waals surface area (Å²) in [5.41, 5.74) is 0.376. The normalized spacial score (nSPS) is 11.1. The summed E-state index contributed by atoms with van der Waals surface area (Å²) in [4.78, 5) is 25.5. The lowest BCUT2D eigenvalue weighted by Crippen LogP contribution is -2.35. The minimum absolute atomic E-state index is 0.0627. The number of rotatable bonds is 10. The number of benzene rings is 1. The fraction of sp³-hybridized carbons (Fsp3) is 0.217. The van der Waals surface area contributed by atoms with Crippen LogP contribution in [0.1, 0.15) is 28.3 Å². The summed E-state index contributed by atoms with van der Waals surface area (Å²) in [5.74, 6) is 1.30. The Bertz CT molecular complexity index is 1020. The lowest BCUT2D eigenvalue weighted by atomic mass is 10.1. The molecular formula is C23H24N2O6. The molecule has 3 rings (SSSR count). The van der Waals surface area contributed by atoms with E-state index in [2.05, 4.69) is 10.6 Å². The highest BCUT2D eigenvalue weighted by molar-refractivity contribution is 6.05. The molecule has 0 unspecified atom stereocenters. The van der Waals surface area contributed by atoms with Crippen LogP contribution in [0.25, 0.3) is 6.08 Å². The second-order valence-electron chi connectivity index (χ2n) is 6.54. The van der Waals surface area contributed by atoms with E-state index in [9.17, 15) is 9.59 Å². The predicted molar refractivity (Wildman–Crippen MR) is 114 cm³/mol. The summed E-state index contributed by atoms with van der Waals surface area (Å²) in [7, 11) is 3.00. The first-order valence-electron chi connectivity index (χ1n) is 9.70. The molecule has 2 N–H and O–H groups in total. The molecule has 2 heterocycles. The van der Waals surface area contributed by atoms with Crippen molar-refractivity contribution in [1.29, 1.82) is 0 Å². The number of methoxy groups -OCH3 is 2.